The first-order chi connectivity index (χ1) is 10.2. The summed E-state index contributed by atoms with van der Waals surface area (Å²) in [4.78, 5) is 0. The summed E-state index contributed by atoms with van der Waals surface area (Å²) in [5.41, 5.74) is 3.45. The Morgan fingerprint density at radius 2 is 2.05 bits per heavy atom. The monoisotopic (exact) mass is 301 g/mol. The predicted molar refractivity (Wildman–Crippen MR) is 82.8 cm³/mol. The van der Waals surface area contributed by atoms with Crippen LogP contribution in [0.25, 0.3) is 11.3 Å². The van der Waals surface area contributed by atoms with Crippen LogP contribution in [0.5, 0.6) is 0 Å². The fourth-order valence-corrected chi connectivity index (χ4v) is 2.23. The molecule has 0 aliphatic heterocycles. The maximum absolute atomic E-state index is 13.7. The number of halogens is 2. The van der Waals surface area contributed by atoms with Crippen LogP contribution in [0, 0.1) is 5.82 Å². The third kappa shape index (κ3) is 3.23. The van der Waals surface area contributed by atoms with Crippen LogP contribution in [-0.2, 0) is 6.54 Å². The minimum atomic E-state index is -0.306. The van der Waals surface area contributed by atoms with E-state index in [1.165, 1.54) is 6.07 Å². The number of anilines is 1. The number of H-pyrrole nitrogens is 1. The Kier molecular flexibility index (Phi) is 3.88. The third-order valence-electron chi connectivity index (χ3n) is 3.17. The Hall–Kier alpha value is -2.33. The van der Waals surface area contributed by atoms with E-state index >= 15 is 0 Å². The highest BCUT2D eigenvalue weighted by Gasteiger charge is 2.04. The van der Waals surface area contributed by atoms with Gasteiger partial charge in [0.1, 0.15) is 5.82 Å². The van der Waals surface area contributed by atoms with Crippen LogP contribution in [0.3, 0.4) is 0 Å². The van der Waals surface area contributed by atoms with Gasteiger partial charge in [-0.05, 0) is 30.3 Å². The van der Waals surface area contributed by atoms with Gasteiger partial charge in [-0.3, -0.25) is 5.10 Å². The van der Waals surface area contributed by atoms with Crippen molar-refractivity contribution in [2.45, 2.75) is 6.54 Å². The van der Waals surface area contributed by atoms with Gasteiger partial charge in [-0.15, -0.1) is 0 Å². The predicted octanol–water partition coefficient (Wildman–Crippen LogP) is 4.48. The largest absolute Gasteiger partial charge is 0.381 e. The Morgan fingerprint density at radius 3 is 2.81 bits per heavy atom. The van der Waals surface area contributed by atoms with Gasteiger partial charge in [-0.25, -0.2) is 4.39 Å². The number of hydrogen-bond acceptors (Lipinski definition) is 2. The summed E-state index contributed by atoms with van der Waals surface area (Å²) in [6, 6.07) is 14.4. The summed E-state index contributed by atoms with van der Waals surface area (Å²) in [6.07, 6.45) is 1.71. The van der Waals surface area contributed by atoms with Crippen molar-refractivity contribution in [3.8, 4) is 11.3 Å². The Balaban J connectivity index is 1.75. The van der Waals surface area contributed by atoms with E-state index in [-0.39, 0.29) is 5.82 Å². The lowest BCUT2D eigenvalue weighted by molar-refractivity contribution is 0.613. The molecular formula is C16H13ClFN3. The standard InChI is InChI=1S/C16H13ClFN3/c17-13-5-4-12(15(18)9-13)10-19-14-3-1-2-11(8-14)16-6-7-20-21-16/h1-9,19H,10H2,(H,20,21). The molecule has 0 unspecified atom stereocenters. The van der Waals surface area contributed by atoms with Gasteiger partial charge in [0.2, 0.25) is 0 Å². The first kappa shape index (κ1) is 13.6. The van der Waals surface area contributed by atoms with Crippen LogP contribution in [0.4, 0.5) is 10.1 Å². The minimum Gasteiger partial charge on any atom is -0.381 e. The van der Waals surface area contributed by atoms with E-state index < -0.39 is 0 Å². The van der Waals surface area contributed by atoms with Crippen molar-refractivity contribution < 1.29 is 4.39 Å². The van der Waals surface area contributed by atoms with Crippen molar-refractivity contribution in [3.63, 3.8) is 0 Å². The van der Waals surface area contributed by atoms with E-state index in [0.717, 1.165) is 16.9 Å². The Morgan fingerprint density at radius 1 is 1.14 bits per heavy atom. The van der Waals surface area contributed by atoms with E-state index in [2.05, 4.69) is 15.5 Å². The maximum atomic E-state index is 13.7. The van der Waals surface area contributed by atoms with Crippen LogP contribution < -0.4 is 5.32 Å². The number of hydrogen-bond donors (Lipinski definition) is 2. The molecule has 5 heteroatoms. The molecule has 1 aromatic heterocycles. The SMILES string of the molecule is Fc1cc(Cl)ccc1CNc1cccc(-c2ccn[nH]2)c1. The molecule has 3 aromatic rings. The molecule has 0 radical (unpaired) electrons. The van der Waals surface area contributed by atoms with Crippen molar-refractivity contribution in [2.75, 3.05) is 5.32 Å². The highest BCUT2D eigenvalue weighted by atomic mass is 35.5. The molecule has 21 heavy (non-hydrogen) atoms. The topological polar surface area (TPSA) is 40.7 Å². The lowest BCUT2D eigenvalue weighted by Gasteiger charge is -2.09. The molecule has 0 atom stereocenters. The zero-order valence-corrected chi connectivity index (χ0v) is 11.9. The number of benzene rings is 2. The molecule has 0 aliphatic rings. The molecule has 0 fully saturated rings. The van der Waals surface area contributed by atoms with E-state index in [4.69, 9.17) is 11.6 Å². The van der Waals surface area contributed by atoms with Gasteiger partial charge >= 0.3 is 0 Å². The summed E-state index contributed by atoms with van der Waals surface area (Å²) in [7, 11) is 0. The molecule has 3 nitrogen and oxygen atoms in total. The average molecular weight is 302 g/mol. The second kappa shape index (κ2) is 5.97. The van der Waals surface area contributed by atoms with E-state index in [0.29, 0.717) is 17.1 Å². The maximum Gasteiger partial charge on any atom is 0.129 e. The van der Waals surface area contributed by atoms with E-state index in [1.807, 2.05) is 30.3 Å². The first-order valence-corrected chi connectivity index (χ1v) is 6.88. The lowest BCUT2D eigenvalue weighted by atomic mass is 10.1. The van der Waals surface area contributed by atoms with Crippen molar-refractivity contribution in [3.05, 3.63) is 71.1 Å². The first-order valence-electron chi connectivity index (χ1n) is 6.50. The number of nitrogens with zero attached hydrogens (tertiary/aromatic N) is 1. The van der Waals surface area contributed by atoms with Gasteiger partial charge in [0.25, 0.3) is 0 Å². The number of aromatic amines is 1. The molecule has 0 aliphatic carbocycles. The number of nitrogens with one attached hydrogen (secondary N) is 2. The quantitative estimate of drug-likeness (QED) is 0.746. The molecule has 0 amide bonds. The third-order valence-corrected chi connectivity index (χ3v) is 3.41. The summed E-state index contributed by atoms with van der Waals surface area (Å²) < 4.78 is 13.7. The van der Waals surface area contributed by atoms with Crippen LogP contribution in [-0.4, -0.2) is 10.2 Å². The molecule has 2 N–H and O–H groups in total. The van der Waals surface area contributed by atoms with Crippen molar-refractivity contribution in [1.82, 2.24) is 10.2 Å². The highest BCUT2D eigenvalue weighted by molar-refractivity contribution is 6.30. The van der Waals surface area contributed by atoms with Gasteiger partial charge in [-0.1, -0.05) is 29.8 Å². The van der Waals surface area contributed by atoms with Crippen LogP contribution in [0.1, 0.15) is 5.56 Å². The lowest BCUT2D eigenvalue weighted by Crippen LogP contribution is -2.01. The molecule has 2 aromatic carbocycles. The minimum absolute atomic E-state index is 0.306. The fraction of sp³-hybridized carbons (Fsp3) is 0.0625. The molecule has 0 saturated heterocycles. The highest BCUT2D eigenvalue weighted by Crippen LogP contribution is 2.21. The summed E-state index contributed by atoms with van der Waals surface area (Å²) in [5.74, 6) is -0.306. The van der Waals surface area contributed by atoms with E-state index in [1.54, 1.807) is 18.3 Å². The normalized spacial score (nSPS) is 10.6. The second-order valence-corrected chi connectivity index (χ2v) is 5.08. The Labute approximate surface area is 126 Å². The molecule has 0 spiro atoms. The van der Waals surface area contributed by atoms with Crippen molar-refractivity contribution in [1.29, 1.82) is 0 Å². The van der Waals surface area contributed by atoms with Gasteiger partial charge in [0, 0.05) is 34.6 Å². The molecule has 3 rings (SSSR count). The van der Waals surface area contributed by atoms with Crippen LogP contribution in [0.2, 0.25) is 5.02 Å². The Bertz CT molecular complexity index is 741. The molecule has 0 bridgehead atoms. The zero-order valence-electron chi connectivity index (χ0n) is 11.1. The summed E-state index contributed by atoms with van der Waals surface area (Å²) in [6.45, 7) is 0.398. The van der Waals surface area contributed by atoms with Gasteiger partial charge in [-0.2, -0.15) is 5.10 Å². The van der Waals surface area contributed by atoms with Gasteiger partial charge in [0.15, 0.2) is 0 Å². The van der Waals surface area contributed by atoms with Gasteiger partial charge in [0.05, 0.1) is 5.69 Å². The molecule has 106 valence electrons. The van der Waals surface area contributed by atoms with Crippen molar-refractivity contribution >= 4 is 17.3 Å². The summed E-state index contributed by atoms with van der Waals surface area (Å²) in [5, 5.41) is 10.5. The van der Waals surface area contributed by atoms with Gasteiger partial charge < -0.3 is 5.32 Å². The smallest absolute Gasteiger partial charge is 0.129 e. The second-order valence-electron chi connectivity index (χ2n) is 4.64. The van der Waals surface area contributed by atoms with Crippen LogP contribution >= 0.6 is 11.6 Å². The number of rotatable bonds is 4. The molecular weight excluding hydrogens is 289 g/mol. The summed E-state index contributed by atoms with van der Waals surface area (Å²) >= 11 is 5.74. The molecule has 0 saturated carbocycles. The number of aromatic nitrogens is 2. The van der Waals surface area contributed by atoms with Crippen molar-refractivity contribution in [2.24, 2.45) is 0 Å². The average Bonchev–Trinajstić information content (AvgIpc) is 3.01. The van der Waals surface area contributed by atoms with Crippen LogP contribution in [0.15, 0.2) is 54.7 Å². The molecule has 1 heterocycles. The van der Waals surface area contributed by atoms with E-state index in [9.17, 15) is 4.39 Å². The zero-order chi connectivity index (χ0) is 14.7. The fourth-order valence-electron chi connectivity index (χ4n) is 2.08.